The van der Waals surface area contributed by atoms with Gasteiger partial charge in [0.15, 0.2) is 0 Å². The molecular weight excluding hydrogens is 362 g/mol. The SMILES string of the molecule is CC(C)N(C)S(=O)(=O)c1ccc(CNC(=O)c2cccc(N(C)C)c2)cc1. The van der Waals surface area contributed by atoms with E-state index < -0.39 is 10.0 Å². The fourth-order valence-electron chi connectivity index (χ4n) is 2.43. The summed E-state index contributed by atoms with van der Waals surface area (Å²) in [7, 11) is 1.90. The second-order valence-corrected chi connectivity index (χ2v) is 8.88. The molecule has 0 fully saturated rings. The van der Waals surface area contributed by atoms with Crippen LogP contribution in [0.5, 0.6) is 0 Å². The number of rotatable bonds is 7. The minimum atomic E-state index is -3.50. The van der Waals surface area contributed by atoms with Gasteiger partial charge in [-0.25, -0.2) is 8.42 Å². The molecule has 1 N–H and O–H groups in total. The molecule has 27 heavy (non-hydrogen) atoms. The number of nitrogens with one attached hydrogen (secondary N) is 1. The number of carbonyl (C=O) groups is 1. The standard InChI is InChI=1S/C20H27N3O3S/c1-15(2)23(5)27(25,26)19-11-9-16(10-12-19)14-21-20(24)17-7-6-8-18(13-17)22(3)4/h6-13,15H,14H2,1-5H3,(H,21,24). The predicted octanol–water partition coefficient (Wildman–Crippen LogP) is 2.71. The van der Waals surface area contributed by atoms with Crippen molar-refractivity contribution in [2.75, 3.05) is 26.0 Å². The summed E-state index contributed by atoms with van der Waals surface area (Å²) in [4.78, 5) is 14.5. The quantitative estimate of drug-likeness (QED) is 0.790. The van der Waals surface area contributed by atoms with Crippen LogP contribution in [0.4, 0.5) is 5.69 Å². The number of anilines is 1. The summed E-state index contributed by atoms with van der Waals surface area (Å²) < 4.78 is 26.3. The first-order valence-corrected chi connectivity index (χ1v) is 10.2. The first-order valence-electron chi connectivity index (χ1n) is 8.75. The van der Waals surface area contributed by atoms with Gasteiger partial charge in [-0.3, -0.25) is 4.79 Å². The number of benzene rings is 2. The third-order valence-corrected chi connectivity index (χ3v) is 6.45. The number of hydrogen-bond donors (Lipinski definition) is 1. The van der Waals surface area contributed by atoms with Crippen molar-refractivity contribution in [3.8, 4) is 0 Å². The van der Waals surface area contributed by atoms with E-state index in [1.807, 2.05) is 51.0 Å². The molecule has 1 amide bonds. The Labute approximate surface area is 161 Å². The average molecular weight is 390 g/mol. The molecule has 0 saturated carbocycles. The highest BCUT2D eigenvalue weighted by atomic mass is 32.2. The molecule has 2 aromatic carbocycles. The monoisotopic (exact) mass is 389 g/mol. The van der Waals surface area contributed by atoms with E-state index in [0.29, 0.717) is 12.1 Å². The Kier molecular flexibility index (Phi) is 6.62. The fourth-order valence-corrected chi connectivity index (χ4v) is 3.80. The van der Waals surface area contributed by atoms with Gasteiger partial charge in [0, 0.05) is 45.0 Å². The van der Waals surface area contributed by atoms with Gasteiger partial charge in [-0.05, 0) is 49.7 Å². The molecular formula is C20H27N3O3S. The Morgan fingerprint density at radius 2 is 1.67 bits per heavy atom. The molecule has 0 aliphatic carbocycles. The Balaban J connectivity index is 2.05. The van der Waals surface area contributed by atoms with Gasteiger partial charge in [-0.2, -0.15) is 4.31 Å². The van der Waals surface area contributed by atoms with Crippen LogP contribution in [-0.2, 0) is 16.6 Å². The van der Waals surface area contributed by atoms with Crippen LogP contribution in [-0.4, -0.2) is 45.8 Å². The summed E-state index contributed by atoms with van der Waals surface area (Å²) in [6.45, 7) is 3.98. The van der Waals surface area contributed by atoms with Crippen molar-refractivity contribution in [1.29, 1.82) is 0 Å². The molecule has 0 aliphatic heterocycles. The summed E-state index contributed by atoms with van der Waals surface area (Å²) in [6.07, 6.45) is 0. The fraction of sp³-hybridized carbons (Fsp3) is 0.350. The van der Waals surface area contributed by atoms with Crippen molar-refractivity contribution in [1.82, 2.24) is 9.62 Å². The van der Waals surface area contributed by atoms with Crippen molar-refractivity contribution in [2.24, 2.45) is 0 Å². The zero-order valence-electron chi connectivity index (χ0n) is 16.4. The van der Waals surface area contributed by atoms with Crippen LogP contribution in [0, 0.1) is 0 Å². The molecule has 7 heteroatoms. The van der Waals surface area contributed by atoms with Crippen LogP contribution in [0.1, 0.15) is 29.8 Å². The second kappa shape index (κ2) is 8.54. The van der Waals surface area contributed by atoms with Crippen molar-refractivity contribution >= 4 is 21.6 Å². The van der Waals surface area contributed by atoms with Crippen LogP contribution in [0.25, 0.3) is 0 Å². The summed E-state index contributed by atoms with van der Waals surface area (Å²) in [5.74, 6) is -0.171. The molecule has 0 heterocycles. The van der Waals surface area contributed by atoms with E-state index >= 15 is 0 Å². The van der Waals surface area contributed by atoms with E-state index in [1.165, 1.54) is 4.31 Å². The molecule has 0 spiro atoms. The highest BCUT2D eigenvalue weighted by molar-refractivity contribution is 7.89. The van der Waals surface area contributed by atoms with E-state index in [2.05, 4.69) is 5.32 Å². The lowest BCUT2D eigenvalue weighted by atomic mass is 10.1. The van der Waals surface area contributed by atoms with Crippen molar-refractivity contribution < 1.29 is 13.2 Å². The molecule has 2 rings (SSSR count). The predicted molar refractivity (Wildman–Crippen MR) is 108 cm³/mol. The summed E-state index contributed by atoms with van der Waals surface area (Å²) in [6, 6.07) is 13.8. The van der Waals surface area contributed by atoms with Gasteiger partial charge in [0.1, 0.15) is 0 Å². The van der Waals surface area contributed by atoms with Crippen molar-refractivity contribution in [3.05, 3.63) is 59.7 Å². The van der Waals surface area contributed by atoms with E-state index in [9.17, 15) is 13.2 Å². The Morgan fingerprint density at radius 1 is 1.04 bits per heavy atom. The first kappa shape index (κ1) is 20.9. The van der Waals surface area contributed by atoms with E-state index in [4.69, 9.17) is 0 Å². The molecule has 146 valence electrons. The van der Waals surface area contributed by atoms with Crippen molar-refractivity contribution in [3.63, 3.8) is 0 Å². The maximum absolute atomic E-state index is 12.5. The minimum Gasteiger partial charge on any atom is -0.378 e. The zero-order valence-corrected chi connectivity index (χ0v) is 17.2. The lowest BCUT2D eigenvalue weighted by Gasteiger charge is -2.21. The number of sulfonamides is 1. The van der Waals surface area contributed by atoms with Crippen LogP contribution >= 0.6 is 0 Å². The number of amides is 1. The first-order chi connectivity index (χ1) is 12.6. The molecule has 0 aliphatic rings. The van der Waals surface area contributed by atoms with Gasteiger partial charge in [-0.15, -0.1) is 0 Å². The smallest absolute Gasteiger partial charge is 0.251 e. The Morgan fingerprint density at radius 3 is 2.22 bits per heavy atom. The Hall–Kier alpha value is -2.38. The van der Waals surface area contributed by atoms with Gasteiger partial charge < -0.3 is 10.2 Å². The molecule has 0 atom stereocenters. The van der Waals surface area contributed by atoms with Crippen molar-refractivity contribution in [2.45, 2.75) is 31.3 Å². The Bertz CT molecular complexity index is 891. The molecule has 6 nitrogen and oxygen atoms in total. The maximum atomic E-state index is 12.5. The van der Waals surface area contributed by atoms with Gasteiger partial charge in [0.25, 0.3) is 5.91 Å². The summed E-state index contributed by atoms with van der Waals surface area (Å²) >= 11 is 0. The van der Waals surface area contributed by atoms with Gasteiger partial charge in [0.2, 0.25) is 10.0 Å². The third-order valence-electron chi connectivity index (χ3n) is 4.41. The van der Waals surface area contributed by atoms with Gasteiger partial charge in [-0.1, -0.05) is 18.2 Å². The summed E-state index contributed by atoms with van der Waals surface area (Å²) in [5.41, 5.74) is 2.36. The lowest BCUT2D eigenvalue weighted by Crippen LogP contribution is -2.33. The molecule has 0 bridgehead atoms. The highest BCUT2D eigenvalue weighted by Crippen LogP contribution is 2.17. The summed E-state index contributed by atoms with van der Waals surface area (Å²) in [5, 5.41) is 2.86. The topological polar surface area (TPSA) is 69.7 Å². The minimum absolute atomic E-state index is 0.119. The average Bonchev–Trinajstić information content (AvgIpc) is 2.65. The normalized spacial score (nSPS) is 11.7. The number of carbonyl (C=O) groups excluding carboxylic acids is 1. The van der Waals surface area contributed by atoms with Crippen LogP contribution in [0.3, 0.4) is 0 Å². The maximum Gasteiger partial charge on any atom is 0.251 e. The van der Waals surface area contributed by atoms with E-state index in [1.54, 1.807) is 37.4 Å². The third kappa shape index (κ3) is 5.08. The highest BCUT2D eigenvalue weighted by Gasteiger charge is 2.22. The lowest BCUT2D eigenvalue weighted by molar-refractivity contribution is 0.0951. The van der Waals surface area contributed by atoms with Gasteiger partial charge >= 0.3 is 0 Å². The molecule has 0 saturated heterocycles. The molecule has 2 aromatic rings. The molecule has 0 aromatic heterocycles. The van der Waals surface area contributed by atoms with E-state index in [0.717, 1.165) is 11.3 Å². The second-order valence-electron chi connectivity index (χ2n) is 6.89. The van der Waals surface area contributed by atoms with Crippen LogP contribution in [0.15, 0.2) is 53.4 Å². The van der Waals surface area contributed by atoms with Gasteiger partial charge in [0.05, 0.1) is 4.90 Å². The molecule has 0 radical (unpaired) electrons. The number of hydrogen-bond acceptors (Lipinski definition) is 4. The van der Waals surface area contributed by atoms with Crippen LogP contribution < -0.4 is 10.2 Å². The number of nitrogens with zero attached hydrogens (tertiary/aromatic N) is 2. The van der Waals surface area contributed by atoms with E-state index in [-0.39, 0.29) is 16.8 Å². The van der Waals surface area contributed by atoms with Crippen LogP contribution in [0.2, 0.25) is 0 Å². The zero-order chi connectivity index (χ0) is 20.2. The largest absolute Gasteiger partial charge is 0.378 e. The molecule has 0 unspecified atom stereocenters.